The van der Waals surface area contributed by atoms with E-state index in [0.29, 0.717) is 10.7 Å². The topological polar surface area (TPSA) is 68.9 Å². The molecule has 0 radical (unpaired) electrons. The minimum absolute atomic E-state index is 0.210. The molecule has 0 bridgehead atoms. The smallest absolute Gasteiger partial charge is 0.220 e. The number of nitrogens with zero attached hydrogens (tertiary/aromatic N) is 2. The van der Waals surface area contributed by atoms with Gasteiger partial charge in [0.15, 0.2) is 4.77 Å². The van der Waals surface area contributed by atoms with Gasteiger partial charge in [0, 0.05) is 7.11 Å². The van der Waals surface area contributed by atoms with Gasteiger partial charge in [-0.05, 0) is 31.5 Å². The number of nitrogen functional groups attached to an aromatic ring is 1. The molecule has 0 spiro atoms. The molecule has 1 aliphatic carbocycles. The molecular formula is C8H14N4OS. The van der Waals surface area contributed by atoms with Crippen LogP contribution in [0, 0.1) is 4.77 Å². The van der Waals surface area contributed by atoms with Crippen molar-refractivity contribution in [1.82, 2.24) is 14.8 Å². The van der Waals surface area contributed by atoms with Crippen molar-refractivity contribution in [1.29, 1.82) is 0 Å². The maximum atomic E-state index is 5.74. The number of hydrogen-bond donors (Lipinski definition) is 2. The van der Waals surface area contributed by atoms with Crippen molar-refractivity contribution in [2.75, 3.05) is 12.8 Å². The number of aromatic amines is 1. The van der Waals surface area contributed by atoms with Crippen molar-refractivity contribution < 1.29 is 4.74 Å². The molecule has 1 heterocycles. The van der Waals surface area contributed by atoms with Crippen molar-refractivity contribution >= 4 is 18.2 Å². The first-order chi connectivity index (χ1) is 6.74. The third-order valence-electron chi connectivity index (χ3n) is 2.78. The first kappa shape index (κ1) is 9.67. The van der Waals surface area contributed by atoms with Crippen molar-refractivity contribution in [2.24, 2.45) is 0 Å². The first-order valence-electron chi connectivity index (χ1n) is 4.69. The molecule has 0 aromatic carbocycles. The molecule has 6 heteroatoms. The second-order valence-electron chi connectivity index (χ2n) is 3.53. The quantitative estimate of drug-likeness (QED) is 0.727. The number of nitrogens with one attached hydrogen (secondary N) is 1. The van der Waals surface area contributed by atoms with Crippen LogP contribution in [0.1, 0.15) is 25.3 Å². The lowest BCUT2D eigenvalue weighted by Gasteiger charge is -2.19. The van der Waals surface area contributed by atoms with E-state index in [1.807, 2.05) is 4.57 Å². The summed E-state index contributed by atoms with van der Waals surface area (Å²) in [6.07, 6.45) is 3.47. The summed E-state index contributed by atoms with van der Waals surface area (Å²) in [5, 5.41) is 6.59. The van der Waals surface area contributed by atoms with Gasteiger partial charge >= 0.3 is 0 Å². The van der Waals surface area contributed by atoms with Gasteiger partial charge in [-0.2, -0.15) is 0 Å². The van der Waals surface area contributed by atoms with E-state index in [4.69, 9.17) is 22.7 Å². The van der Waals surface area contributed by atoms with Crippen LogP contribution in [0.5, 0.6) is 0 Å². The summed E-state index contributed by atoms with van der Waals surface area (Å²) in [6.45, 7) is 0. The molecule has 1 aromatic rings. The SMILES string of the molecule is COC1CCCC1n1c(N)n[nH]c1=S. The van der Waals surface area contributed by atoms with Crippen LogP contribution in [-0.4, -0.2) is 28.0 Å². The minimum atomic E-state index is 0.210. The predicted octanol–water partition coefficient (Wildman–Crippen LogP) is 1.26. The summed E-state index contributed by atoms with van der Waals surface area (Å²) in [5.41, 5.74) is 5.74. The van der Waals surface area contributed by atoms with Crippen LogP contribution in [-0.2, 0) is 4.74 Å². The average molecular weight is 214 g/mol. The number of ether oxygens (including phenoxy) is 1. The van der Waals surface area contributed by atoms with Gasteiger partial charge in [0.05, 0.1) is 12.1 Å². The van der Waals surface area contributed by atoms with Crippen LogP contribution < -0.4 is 5.73 Å². The van der Waals surface area contributed by atoms with E-state index in [1.54, 1.807) is 7.11 Å². The zero-order valence-corrected chi connectivity index (χ0v) is 8.88. The third-order valence-corrected chi connectivity index (χ3v) is 3.07. The molecule has 1 aromatic heterocycles. The molecule has 2 rings (SSSR count). The summed E-state index contributed by atoms with van der Waals surface area (Å²) in [4.78, 5) is 0. The Morgan fingerprint density at radius 3 is 3.00 bits per heavy atom. The zero-order valence-electron chi connectivity index (χ0n) is 8.06. The molecule has 0 saturated heterocycles. The van der Waals surface area contributed by atoms with Crippen LogP contribution in [0.2, 0.25) is 0 Å². The van der Waals surface area contributed by atoms with Crippen LogP contribution >= 0.6 is 12.2 Å². The van der Waals surface area contributed by atoms with E-state index < -0.39 is 0 Å². The number of nitrogens with two attached hydrogens (primary N) is 1. The van der Waals surface area contributed by atoms with Gasteiger partial charge in [0.25, 0.3) is 0 Å². The lowest BCUT2D eigenvalue weighted by atomic mass is 10.2. The number of hydrogen-bond acceptors (Lipinski definition) is 4. The predicted molar refractivity (Wildman–Crippen MR) is 55.5 cm³/mol. The average Bonchev–Trinajstić information content (AvgIpc) is 2.73. The molecule has 3 N–H and O–H groups in total. The van der Waals surface area contributed by atoms with Gasteiger partial charge in [-0.15, -0.1) is 5.10 Å². The number of anilines is 1. The largest absolute Gasteiger partial charge is 0.379 e. The van der Waals surface area contributed by atoms with E-state index in [2.05, 4.69) is 10.2 Å². The lowest BCUT2D eigenvalue weighted by Crippen LogP contribution is -2.22. The molecule has 2 unspecified atom stereocenters. The monoisotopic (exact) mass is 214 g/mol. The van der Waals surface area contributed by atoms with E-state index in [9.17, 15) is 0 Å². The fourth-order valence-electron chi connectivity index (χ4n) is 2.11. The zero-order chi connectivity index (χ0) is 10.1. The van der Waals surface area contributed by atoms with E-state index >= 15 is 0 Å². The Bertz CT molecular complexity index is 372. The first-order valence-corrected chi connectivity index (χ1v) is 5.10. The molecule has 2 atom stereocenters. The van der Waals surface area contributed by atoms with Gasteiger partial charge < -0.3 is 10.5 Å². The molecule has 14 heavy (non-hydrogen) atoms. The van der Waals surface area contributed by atoms with Crippen molar-refractivity contribution in [3.05, 3.63) is 4.77 Å². The summed E-state index contributed by atoms with van der Waals surface area (Å²) in [7, 11) is 1.73. The molecule has 5 nitrogen and oxygen atoms in total. The summed E-state index contributed by atoms with van der Waals surface area (Å²) >= 11 is 5.12. The van der Waals surface area contributed by atoms with Gasteiger partial charge in [-0.3, -0.25) is 4.57 Å². The standard InChI is InChI=1S/C8H14N4OS/c1-13-6-4-2-3-5(6)12-7(9)10-11-8(12)14/h5-6H,2-4H2,1H3,(H2,9,10)(H,11,14). The highest BCUT2D eigenvalue weighted by atomic mass is 32.1. The number of methoxy groups -OCH3 is 1. The highest BCUT2D eigenvalue weighted by molar-refractivity contribution is 7.71. The number of aromatic nitrogens is 3. The van der Waals surface area contributed by atoms with Gasteiger partial charge in [-0.25, -0.2) is 5.10 Å². The highest BCUT2D eigenvalue weighted by Gasteiger charge is 2.30. The van der Waals surface area contributed by atoms with Crippen LogP contribution in [0.3, 0.4) is 0 Å². The summed E-state index contributed by atoms with van der Waals surface area (Å²) in [6, 6.07) is 0.242. The minimum Gasteiger partial charge on any atom is -0.379 e. The Morgan fingerprint density at radius 2 is 2.43 bits per heavy atom. The van der Waals surface area contributed by atoms with Crippen molar-refractivity contribution in [3.63, 3.8) is 0 Å². The van der Waals surface area contributed by atoms with Crippen LogP contribution in [0.25, 0.3) is 0 Å². The molecule has 1 fully saturated rings. The second-order valence-corrected chi connectivity index (χ2v) is 3.92. The Labute approximate surface area is 87.3 Å². The lowest BCUT2D eigenvalue weighted by molar-refractivity contribution is 0.0751. The van der Waals surface area contributed by atoms with E-state index in [0.717, 1.165) is 19.3 Å². The number of rotatable bonds is 2. The normalized spacial score (nSPS) is 26.9. The van der Waals surface area contributed by atoms with Crippen LogP contribution in [0.4, 0.5) is 5.95 Å². The highest BCUT2D eigenvalue weighted by Crippen LogP contribution is 2.33. The molecule has 1 saturated carbocycles. The fourth-order valence-corrected chi connectivity index (χ4v) is 2.39. The van der Waals surface area contributed by atoms with E-state index in [-0.39, 0.29) is 12.1 Å². The van der Waals surface area contributed by atoms with Gasteiger partial charge in [0.1, 0.15) is 0 Å². The maximum absolute atomic E-state index is 5.74. The van der Waals surface area contributed by atoms with E-state index in [1.165, 1.54) is 0 Å². The molecule has 1 aliphatic rings. The van der Waals surface area contributed by atoms with Crippen molar-refractivity contribution in [2.45, 2.75) is 31.4 Å². The Hall–Kier alpha value is -0.880. The Kier molecular flexibility index (Phi) is 2.56. The second kappa shape index (κ2) is 3.70. The summed E-state index contributed by atoms with van der Waals surface area (Å²) in [5.74, 6) is 0.448. The number of H-pyrrole nitrogens is 1. The summed E-state index contributed by atoms with van der Waals surface area (Å²) < 4.78 is 7.83. The van der Waals surface area contributed by atoms with Gasteiger partial charge in [0.2, 0.25) is 5.95 Å². The van der Waals surface area contributed by atoms with Crippen molar-refractivity contribution in [3.8, 4) is 0 Å². The molecule has 0 aliphatic heterocycles. The molecular weight excluding hydrogens is 200 g/mol. The van der Waals surface area contributed by atoms with Crippen LogP contribution in [0.15, 0.2) is 0 Å². The molecule has 78 valence electrons. The maximum Gasteiger partial charge on any atom is 0.220 e. The van der Waals surface area contributed by atoms with Gasteiger partial charge in [-0.1, -0.05) is 0 Å². The third kappa shape index (κ3) is 1.44. The Morgan fingerprint density at radius 1 is 1.64 bits per heavy atom. The molecule has 0 amide bonds. The fraction of sp³-hybridized carbons (Fsp3) is 0.750. The Balaban J connectivity index is 2.34.